The third-order valence-electron chi connectivity index (χ3n) is 3.66. The van der Waals surface area contributed by atoms with Gasteiger partial charge in [-0.05, 0) is 24.6 Å². The summed E-state index contributed by atoms with van der Waals surface area (Å²) in [5.41, 5.74) is 2.20. The molecule has 0 aliphatic heterocycles. The molecule has 0 aromatic heterocycles. The van der Waals surface area contributed by atoms with Gasteiger partial charge < -0.3 is 19.9 Å². The molecule has 0 amide bonds. The molecule has 0 spiro atoms. The molecule has 4 nitrogen and oxygen atoms in total. The smallest absolute Gasteiger partial charge is 0.124 e. The second kappa shape index (κ2) is 11.3. The summed E-state index contributed by atoms with van der Waals surface area (Å²) in [5.74, 6) is 3.15. The molecule has 0 fully saturated rings. The van der Waals surface area contributed by atoms with Crippen molar-refractivity contribution in [2.45, 2.75) is 19.1 Å². The lowest BCUT2D eigenvalue weighted by molar-refractivity contribution is 0.102. The molecule has 1 atom stereocenters. The number of aliphatic hydroxyl groups excluding tert-OH is 1. The van der Waals surface area contributed by atoms with Crippen LogP contribution in [0.3, 0.4) is 0 Å². The number of aliphatic hydroxyl groups is 1. The van der Waals surface area contributed by atoms with E-state index in [1.807, 2.05) is 42.5 Å². The van der Waals surface area contributed by atoms with E-state index in [4.69, 9.17) is 15.9 Å². The third-order valence-corrected chi connectivity index (χ3v) is 3.66. The first kappa shape index (κ1) is 19.0. The molecule has 0 saturated heterocycles. The number of benzene rings is 2. The molecular formula is C21H25NO3. The first-order valence-electron chi connectivity index (χ1n) is 8.44. The first-order valence-corrected chi connectivity index (χ1v) is 8.44. The molecule has 2 aromatic rings. The lowest BCUT2D eigenvalue weighted by Crippen LogP contribution is -2.32. The minimum atomic E-state index is -0.574. The summed E-state index contributed by atoms with van der Waals surface area (Å²) in [6.45, 7) is 2.19. The van der Waals surface area contributed by atoms with Gasteiger partial charge in [0.15, 0.2) is 0 Å². The maximum atomic E-state index is 10.1. The molecule has 0 radical (unpaired) electrons. The van der Waals surface area contributed by atoms with Gasteiger partial charge >= 0.3 is 0 Å². The number of nitrogens with one attached hydrogen (secondary N) is 1. The van der Waals surface area contributed by atoms with Gasteiger partial charge in [0.25, 0.3) is 0 Å². The van der Waals surface area contributed by atoms with E-state index in [0.29, 0.717) is 18.9 Å². The normalized spacial score (nSPS) is 11.7. The Bertz CT molecular complexity index is 652. The topological polar surface area (TPSA) is 50.7 Å². The monoisotopic (exact) mass is 339 g/mol. The summed E-state index contributed by atoms with van der Waals surface area (Å²) in [6, 6.07) is 17.9. The van der Waals surface area contributed by atoms with Crippen molar-refractivity contribution < 1.29 is 14.6 Å². The van der Waals surface area contributed by atoms with Gasteiger partial charge in [0.2, 0.25) is 0 Å². The molecule has 1 unspecified atom stereocenters. The summed E-state index contributed by atoms with van der Waals surface area (Å²) >= 11 is 0. The Balaban J connectivity index is 1.67. The van der Waals surface area contributed by atoms with Crippen molar-refractivity contribution in [3.05, 3.63) is 65.7 Å². The van der Waals surface area contributed by atoms with Gasteiger partial charge in [0.05, 0.1) is 6.61 Å². The van der Waals surface area contributed by atoms with Gasteiger partial charge in [-0.25, -0.2) is 0 Å². The van der Waals surface area contributed by atoms with E-state index in [9.17, 15) is 5.11 Å². The number of rotatable bonds is 11. The van der Waals surface area contributed by atoms with E-state index in [1.54, 1.807) is 0 Å². The standard InChI is InChI=1S/C21H25NO3/c1-2-14-24-16-19-10-6-7-11-21(19)25-17-20(23)15-22-13-12-18-8-4-3-5-9-18/h1,3-11,20,22-23H,12-17H2. The van der Waals surface area contributed by atoms with E-state index >= 15 is 0 Å². The Morgan fingerprint density at radius 3 is 2.64 bits per heavy atom. The molecule has 4 heteroatoms. The van der Waals surface area contributed by atoms with Crippen LogP contribution in [0, 0.1) is 12.3 Å². The summed E-state index contributed by atoms with van der Waals surface area (Å²) in [5, 5.41) is 13.3. The maximum Gasteiger partial charge on any atom is 0.124 e. The van der Waals surface area contributed by atoms with Crippen molar-refractivity contribution in [1.29, 1.82) is 0 Å². The second-order valence-electron chi connectivity index (χ2n) is 5.71. The van der Waals surface area contributed by atoms with E-state index in [-0.39, 0.29) is 13.2 Å². The molecule has 2 aromatic carbocycles. The number of hydrogen-bond acceptors (Lipinski definition) is 4. The third kappa shape index (κ3) is 7.40. The predicted molar refractivity (Wildman–Crippen MR) is 99.4 cm³/mol. The highest BCUT2D eigenvalue weighted by atomic mass is 16.5. The maximum absolute atomic E-state index is 10.1. The first-order chi connectivity index (χ1) is 12.3. The highest BCUT2D eigenvalue weighted by molar-refractivity contribution is 5.32. The van der Waals surface area contributed by atoms with Crippen LogP contribution >= 0.6 is 0 Å². The minimum absolute atomic E-state index is 0.227. The Morgan fingerprint density at radius 2 is 1.84 bits per heavy atom. The number of terminal acetylenes is 1. The Kier molecular flexibility index (Phi) is 8.57. The van der Waals surface area contributed by atoms with E-state index < -0.39 is 6.10 Å². The quantitative estimate of drug-likeness (QED) is 0.488. The zero-order valence-corrected chi connectivity index (χ0v) is 14.4. The molecule has 25 heavy (non-hydrogen) atoms. The van der Waals surface area contributed by atoms with Crippen molar-refractivity contribution in [3.63, 3.8) is 0 Å². The molecule has 0 heterocycles. The summed E-state index contributed by atoms with van der Waals surface area (Å²) in [4.78, 5) is 0. The van der Waals surface area contributed by atoms with Gasteiger partial charge in [0, 0.05) is 12.1 Å². The van der Waals surface area contributed by atoms with Crippen LogP contribution in [0.1, 0.15) is 11.1 Å². The minimum Gasteiger partial charge on any atom is -0.490 e. The van der Waals surface area contributed by atoms with E-state index in [0.717, 1.165) is 18.5 Å². The number of ether oxygens (including phenoxy) is 2. The van der Waals surface area contributed by atoms with Gasteiger partial charge in [-0.2, -0.15) is 0 Å². The van der Waals surface area contributed by atoms with Crippen molar-refractivity contribution in [2.24, 2.45) is 0 Å². The van der Waals surface area contributed by atoms with Crippen molar-refractivity contribution >= 4 is 0 Å². The zero-order chi connectivity index (χ0) is 17.7. The average Bonchev–Trinajstić information content (AvgIpc) is 2.65. The summed E-state index contributed by atoms with van der Waals surface area (Å²) in [7, 11) is 0. The average molecular weight is 339 g/mol. The second-order valence-corrected chi connectivity index (χ2v) is 5.71. The largest absolute Gasteiger partial charge is 0.490 e. The van der Waals surface area contributed by atoms with Crippen LogP contribution < -0.4 is 10.1 Å². The van der Waals surface area contributed by atoms with Crippen LogP contribution in [0.5, 0.6) is 5.75 Å². The van der Waals surface area contributed by atoms with Gasteiger partial charge in [0.1, 0.15) is 25.1 Å². The predicted octanol–water partition coefficient (Wildman–Crippen LogP) is 2.41. The Labute approximate surface area is 149 Å². The van der Waals surface area contributed by atoms with Gasteiger partial charge in [-0.1, -0.05) is 54.5 Å². The molecule has 0 bridgehead atoms. The number of hydrogen-bond donors (Lipinski definition) is 2. The highest BCUT2D eigenvalue weighted by Crippen LogP contribution is 2.19. The van der Waals surface area contributed by atoms with Crippen LogP contribution in [-0.4, -0.2) is 37.5 Å². The highest BCUT2D eigenvalue weighted by Gasteiger charge is 2.08. The van der Waals surface area contributed by atoms with E-state index in [2.05, 4.69) is 23.4 Å². The molecule has 0 aliphatic carbocycles. The SMILES string of the molecule is C#CCOCc1ccccc1OCC(O)CNCCc1ccccc1. The van der Waals surface area contributed by atoms with Crippen molar-refractivity contribution in [1.82, 2.24) is 5.32 Å². The van der Waals surface area contributed by atoms with Gasteiger partial charge in [-0.3, -0.25) is 0 Å². The zero-order valence-electron chi connectivity index (χ0n) is 14.4. The van der Waals surface area contributed by atoms with Crippen LogP contribution in [0.4, 0.5) is 0 Å². The fourth-order valence-electron chi connectivity index (χ4n) is 2.37. The number of para-hydroxylation sites is 1. The van der Waals surface area contributed by atoms with Crippen molar-refractivity contribution in [2.75, 3.05) is 26.3 Å². The molecule has 132 valence electrons. The fraction of sp³-hybridized carbons (Fsp3) is 0.333. The molecule has 0 saturated carbocycles. The van der Waals surface area contributed by atoms with Crippen molar-refractivity contribution in [3.8, 4) is 18.1 Å². The Hall–Kier alpha value is -2.32. The Morgan fingerprint density at radius 1 is 1.08 bits per heavy atom. The molecule has 2 rings (SSSR count). The van der Waals surface area contributed by atoms with Crippen LogP contribution in [0.25, 0.3) is 0 Å². The van der Waals surface area contributed by atoms with E-state index in [1.165, 1.54) is 5.56 Å². The lowest BCUT2D eigenvalue weighted by Gasteiger charge is -2.15. The van der Waals surface area contributed by atoms with Crippen LogP contribution in [0.15, 0.2) is 54.6 Å². The molecule has 2 N–H and O–H groups in total. The molecular weight excluding hydrogens is 314 g/mol. The molecule has 0 aliphatic rings. The van der Waals surface area contributed by atoms with Gasteiger partial charge in [-0.15, -0.1) is 6.42 Å². The lowest BCUT2D eigenvalue weighted by atomic mass is 10.1. The summed E-state index contributed by atoms with van der Waals surface area (Å²) in [6.07, 6.45) is 5.54. The summed E-state index contributed by atoms with van der Waals surface area (Å²) < 4.78 is 11.1. The van der Waals surface area contributed by atoms with Crippen LogP contribution in [0.2, 0.25) is 0 Å². The van der Waals surface area contributed by atoms with Crippen LogP contribution in [-0.2, 0) is 17.8 Å². The fourth-order valence-corrected chi connectivity index (χ4v) is 2.37.